The summed E-state index contributed by atoms with van der Waals surface area (Å²) >= 11 is 0.889. The van der Waals surface area contributed by atoms with Crippen molar-refractivity contribution in [3.05, 3.63) is 4.91 Å². The molecule has 0 bridgehead atoms. The van der Waals surface area contributed by atoms with E-state index in [0.29, 0.717) is 0 Å². The fraction of sp³-hybridized carbons (Fsp3) is 0. The van der Waals surface area contributed by atoms with Gasteiger partial charge < -0.3 is 5.21 Å². The van der Waals surface area contributed by atoms with Crippen LogP contribution in [0.3, 0.4) is 0 Å². The molecule has 0 aromatic rings. The zero-order valence-corrected chi connectivity index (χ0v) is 4.30. The van der Waals surface area contributed by atoms with Crippen molar-refractivity contribution >= 4 is 0 Å². The van der Waals surface area contributed by atoms with Gasteiger partial charge in [-0.25, -0.2) is 0 Å². The molecule has 5 heavy (non-hydrogen) atoms. The summed E-state index contributed by atoms with van der Waals surface area (Å²) in [6.07, 6.45) is 0. The Morgan fingerprint density at radius 2 is 1.60 bits per heavy atom. The number of hydrogen-bond donors (Lipinski definition) is 1. The molecule has 0 saturated heterocycles. The van der Waals surface area contributed by atoms with E-state index in [4.69, 9.17) is 13.5 Å². The first-order valence-electron chi connectivity index (χ1n) is 0.512. The molecule has 1 N–H and O–H groups in total. The second-order valence-corrected chi connectivity index (χ2v) is 0.0816. The predicted octanol–water partition coefficient (Wildman–Crippen LogP) is 0.0207. The number of rotatable bonds is 0. The molecule has 0 rings (SSSR count). The quantitative estimate of drug-likeness (QED) is 0.492. The minimum atomic E-state index is 0.889. The molecule has 0 saturated carbocycles. The maximum atomic E-state index is 8.22. The Morgan fingerprint density at radius 1 is 1.60 bits per heavy atom. The van der Waals surface area contributed by atoms with E-state index in [1.165, 1.54) is 5.34 Å². The molecule has 0 amide bonds. The van der Waals surface area contributed by atoms with Crippen LogP contribution in [0.4, 0.5) is 0 Å². The monoisotopic (exact) mass is 258 g/mol. The third-order valence-electron chi connectivity index (χ3n) is 0. The molecule has 0 spiro atoms. The number of hydrogen-bond acceptors (Lipinski definition) is 3. The van der Waals surface area contributed by atoms with Crippen LogP contribution in [0.1, 0.15) is 0 Å². The molecule has 0 aliphatic rings. The summed E-state index contributed by atoms with van der Waals surface area (Å²) in [6.45, 7) is 0. The van der Waals surface area contributed by atoms with Gasteiger partial charge in [-0.15, -0.1) is 4.91 Å². The fourth-order valence-corrected chi connectivity index (χ4v) is 0. The van der Waals surface area contributed by atoms with Crippen molar-refractivity contribution in [1.29, 1.82) is 0 Å². The van der Waals surface area contributed by atoms with Gasteiger partial charge in [-0.1, -0.05) is 0 Å². The Balaban J connectivity index is 0. The van der Waals surface area contributed by atoms with E-state index in [1.54, 1.807) is 0 Å². The van der Waals surface area contributed by atoms with Gasteiger partial charge in [0.25, 0.3) is 0 Å². The molecule has 0 aliphatic carbocycles. The summed E-state index contributed by atoms with van der Waals surface area (Å²) in [5.74, 6) is 0. The maximum absolute atomic E-state index is 8.22. The average Bonchev–Trinajstić information content (AvgIpc) is 1.46. The third kappa shape index (κ3) is 1110. The van der Waals surface area contributed by atoms with Gasteiger partial charge in [0, 0.05) is 0 Å². The molecule has 5 heteroatoms. The summed E-state index contributed by atoms with van der Waals surface area (Å²) in [4.78, 5) is 8.11. The predicted molar refractivity (Wildman–Crippen MR) is 8.27 cm³/mol. The molecule has 0 radical (unpaired) electrons. The van der Waals surface area contributed by atoms with Crippen LogP contribution in [0.2, 0.25) is 0 Å². The van der Waals surface area contributed by atoms with Crippen molar-refractivity contribution in [2.45, 2.75) is 0 Å². The topological polar surface area (TPSA) is 66.7 Å². The van der Waals surface area contributed by atoms with Crippen molar-refractivity contribution in [1.82, 2.24) is 0 Å². The molecule has 0 aromatic carbocycles. The van der Waals surface area contributed by atoms with Crippen molar-refractivity contribution in [3.8, 4) is 0 Å². The van der Waals surface area contributed by atoms with Crippen molar-refractivity contribution in [3.63, 3.8) is 0 Å². The average molecular weight is 258 g/mol. The standard InChI is InChI=1S/HNO2.O.Pt/c2-1-3;;/h(H,2,3);;. The molecule has 0 heterocycles. The van der Waals surface area contributed by atoms with Crippen LogP contribution in [0.15, 0.2) is 5.34 Å². The van der Waals surface area contributed by atoms with Crippen LogP contribution >= 0.6 is 0 Å². The Bertz CT molecular complexity index is 20.9. The van der Waals surface area contributed by atoms with Gasteiger partial charge in [0.1, 0.15) is 0 Å². The van der Waals surface area contributed by atoms with Gasteiger partial charge in [0.05, 0.1) is 0 Å². The van der Waals surface area contributed by atoms with E-state index >= 15 is 0 Å². The molecule has 0 aliphatic heterocycles. The van der Waals surface area contributed by atoms with Crippen LogP contribution < -0.4 is 0 Å². The summed E-state index contributed by atoms with van der Waals surface area (Å²) in [5, 5.41) is 7.89. The van der Waals surface area contributed by atoms with Gasteiger partial charge in [0.15, 0.2) is 5.34 Å². The van der Waals surface area contributed by atoms with Gasteiger partial charge in [-0.05, 0) is 0 Å². The molecule has 4 nitrogen and oxygen atoms in total. The minimum absolute atomic E-state index is 0.889. The molecule has 0 fully saturated rings. The zero-order valence-electron chi connectivity index (χ0n) is 2.03. The summed E-state index contributed by atoms with van der Waals surface area (Å²) in [5.41, 5.74) is 0. The van der Waals surface area contributed by atoms with Crippen molar-refractivity contribution < 1.29 is 28.4 Å². The summed E-state index contributed by atoms with van der Waals surface area (Å²) < 4.78 is 8.22. The van der Waals surface area contributed by atoms with E-state index in [2.05, 4.69) is 0 Å². The zero-order chi connectivity index (χ0) is 4.71. The van der Waals surface area contributed by atoms with Gasteiger partial charge in [-0.3, -0.25) is 0 Å². The second kappa shape index (κ2) is 41.1. The van der Waals surface area contributed by atoms with Gasteiger partial charge >= 0.3 is 23.2 Å². The Morgan fingerprint density at radius 3 is 1.60 bits per heavy atom. The molecule has 34 valence electrons. The van der Waals surface area contributed by atoms with Gasteiger partial charge in [-0.2, -0.15) is 0 Å². The molecular weight excluding hydrogens is 257 g/mol. The van der Waals surface area contributed by atoms with Crippen LogP contribution in [0, 0.1) is 4.91 Å². The summed E-state index contributed by atoms with van der Waals surface area (Å²) in [7, 11) is 0. The molecular formula is HNO3Pt. The SMILES string of the molecule is O=NO.[O]=[Pt]. The van der Waals surface area contributed by atoms with Crippen LogP contribution in [-0.4, -0.2) is 5.21 Å². The first-order chi connectivity index (χ1) is 2.41. The Labute approximate surface area is 39.3 Å². The molecule has 0 aromatic heterocycles. The third-order valence-corrected chi connectivity index (χ3v) is 0. The van der Waals surface area contributed by atoms with E-state index < -0.39 is 0 Å². The van der Waals surface area contributed by atoms with E-state index in [1.807, 2.05) is 0 Å². The van der Waals surface area contributed by atoms with Crippen LogP contribution in [0.25, 0.3) is 0 Å². The Kier molecular flexibility index (Phi) is 72.8. The second-order valence-electron chi connectivity index (χ2n) is 0.0816. The van der Waals surface area contributed by atoms with Crippen LogP contribution in [-0.2, 0) is 23.2 Å². The van der Waals surface area contributed by atoms with Gasteiger partial charge in [0.2, 0.25) is 0 Å². The molecule has 0 atom stereocenters. The normalized spacial score (nSPS) is 3.60. The molecule has 0 unspecified atom stereocenters. The van der Waals surface area contributed by atoms with E-state index in [0.717, 1.165) is 19.8 Å². The van der Waals surface area contributed by atoms with E-state index in [9.17, 15) is 0 Å². The van der Waals surface area contributed by atoms with E-state index in [-0.39, 0.29) is 0 Å². The summed E-state index contributed by atoms with van der Waals surface area (Å²) in [6, 6.07) is 0. The Hall–Kier alpha value is -0.112. The van der Waals surface area contributed by atoms with Crippen molar-refractivity contribution in [2.75, 3.05) is 0 Å². The first kappa shape index (κ1) is 8.86. The van der Waals surface area contributed by atoms with Crippen molar-refractivity contribution in [2.24, 2.45) is 5.34 Å². The first-order valence-corrected chi connectivity index (χ1v) is 1.44. The van der Waals surface area contributed by atoms with Crippen LogP contribution in [0.5, 0.6) is 0 Å². The number of nitrogens with zero attached hydrogens (tertiary/aromatic N) is 1. The fourth-order valence-electron chi connectivity index (χ4n) is 0.